The molecule has 1 rings (SSSR count). The molecule has 82 valence electrons. The molecule has 1 aliphatic heterocycles. The molecule has 0 unspecified atom stereocenters. The highest BCUT2D eigenvalue weighted by atomic mass is 16.1. The van der Waals surface area contributed by atoms with Crippen molar-refractivity contribution in [1.82, 2.24) is 10.6 Å². The van der Waals surface area contributed by atoms with Gasteiger partial charge in [-0.25, -0.2) is 0 Å². The van der Waals surface area contributed by atoms with Crippen molar-refractivity contribution in [2.24, 2.45) is 5.92 Å². The van der Waals surface area contributed by atoms with Crippen LogP contribution in [0.3, 0.4) is 0 Å². The Morgan fingerprint density at radius 3 is 3.00 bits per heavy atom. The van der Waals surface area contributed by atoms with Crippen molar-refractivity contribution >= 4 is 5.91 Å². The first kappa shape index (κ1) is 11.5. The van der Waals surface area contributed by atoms with Crippen LogP contribution in [0, 0.1) is 5.92 Å². The van der Waals surface area contributed by atoms with E-state index in [4.69, 9.17) is 0 Å². The lowest BCUT2D eigenvalue weighted by atomic mass is 9.93. The summed E-state index contributed by atoms with van der Waals surface area (Å²) in [5.41, 5.74) is 0. The monoisotopic (exact) mass is 198 g/mol. The summed E-state index contributed by atoms with van der Waals surface area (Å²) in [7, 11) is 1.70. The van der Waals surface area contributed by atoms with Crippen LogP contribution in [0.4, 0.5) is 0 Å². The molecule has 0 aromatic carbocycles. The highest BCUT2D eigenvalue weighted by Crippen LogP contribution is 2.17. The summed E-state index contributed by atoms with van der Waals surface area (Å²) in [6.07, 6.45) is 6.89. The number of nitrogens with one attached hydrogen (secondary N) is 2. The van der Waals surface area contributed by atoms with Gasteiger partial charge in [-0.3, -0.25) is 4.79 Å². The Morgan fingerprint density at radius 1 is 1.50 bits per heavy atom. The van der Waals surface area contributed by atoms with E-state index in [1.807, 2.05) is 0 Å². The molecule has 1 heterocycles. The minimum atomic E-state index is 0.173. The maximum Gasteiger partial charge on any atom is 0.219 e. The minimum Gasteiger partial charge on any atom is -0.359 e. The summed E-state index contributed by atoms with van der Waals surface area (Å²) >= 11 is 0. The molecule has 0 aliphatic carbocycles. The summed E-state index contributed by atoms with van der Waals surface area (Å²) < 4.78 is 0. The number of amides is 1. The fourth-order valence-electron chi connectivity index (χ4n) is 2.01. The van der Waals surface area contributed by atoms with Crippen LogP contribution in [-0.4, -0.2) is 26.0 Å². The molecule has 0 bridgehead atoms. The van der Waals surface area contributed by atoms with Crippen LogP contribution in [-0.2, 0) is 4.79 Å². The quantitative estimate of drug-likeness (QED) is 0.654. The zero-order chi connectivity index (χ0) is 10.2. The van der Waals surface area contributed by atoms with Gasteiger partial charge < -0.3 is 10.6 Å². The van der Waals surface area contributed by atoms with Crippen molar-refractivity contribution in [1.29, 1.82) is 0 Å². The van der Waals surface area contributed by atoms with Gasteiger partial charge in [-0.1, -0.05) is 6.42 Å². The van der Waals surface area contributed by atoms with Crippen molar-refractivity contribution < 1.29 is 4.79 Å². The molecule has 3 heteroatoms. The summed E-state index contributed by atoms with van der Waals surface area (Å²) in [6, 6.07) is 0. The first-order valence-corrected chi connectivity index (χ1v) is 5.74. The third-order valence-corrected chi connectivity index (χ3v) is 2.94. The van der Waals surface area contributed by atoms with Crippen LogP contribution in [0.5, 0.6) is 0 Å². The van der Waals surface area contributed by atoms with E-state index < -0.39 is 0 Å². The second kappa shape index (κ2) is 6.82. The topological polar surface area (TPSA) is 41.1 Å². The second-order valence-corrected chi connectivity index (χ2v) is 4.13. The van der Waals surface area contributed by atoms with Crippen molar-refractivity contribution in [3.8, 4) is 0 Å². The molecule has 14 heavy (non-hydrogen) atoms. The lowest BCUT2D eigenvalue weighted by Gasteiger charge is -2.22. The largest absolute Gasteiger partial charge is 0.359 e. The first-order chi connectivity index (χ1) is 6.83. The number of piperidine rings is 1. The maximum atomic E-state index is 10.9. The molecule has 1 atom stereocenters. The lowest BCUT2D eigenvalue weighted by molar-refractivity contribution is -0.120. The highest BCUT2D eigenvalue weighted by molar-refractivity contribution is 5.75. The van der Waals surface area contributed by atoms with E-state index in [1.54, 1.807) is 7.05 Å². The fourth-order valence-corrected chi connectivity index (χ4v) is 2.01. The average Bonchev–Trinajstić information content (AvgIpc) is 2.25. The molecule has 1 aliphatic rings. The molecular formula is C11H22N2O. The molecule has 3 nitrogen and oxygen atoms in total. The van der Waals surface area contributed by atoms with Gasteiger partial charge >= 0.3 is 0 Å². The molecule has 0 aromatic rings. The van der Waals surface area contributed by atoms with Crippen molar-refractivity contribution in [2.75, 3.05) is 20.1 Å². The Balaban J connectivity index is 1.94. The van der Waals surface area contributed by atoms with Gasteiger partial charge in [0.25, 0.3) is 0 Å². The zero-order valence-electron chi connectivity index (χ0n) is 9.14. The Bertz CT molecular complexity index is 165. The van der Waals surface area contributed by atoms with Crippen molar-refractivity contribution in [2.45, 2.75) is 38.5 Å². The van der Waals surface area contributed by atoms with Crippen molar-refractivity contribution in [3.05, 3.63) is 0 Å². The Labute approximate surface area is 86.6 Å². The normalized spacial score (nSPS) is 21.9. The van der Waals surface area contributed by atoms with E-state index in [9.17, 15) is 4.79 Å². The third kappa shape index (κ3) is 4.61. The number of hydrogen-bond donors (Lipinski definition) is 2. The lowest BCUT2D eigenvalue weighted by Crippen LogP contribution is -2.29. The molecule has 0 saturated carbocycles. The third-order valence-electron chi connectivity index (χ3n) is 2.94. The average molecular weight is 198 g/mol. The summed E-state index contributed by atoms with van der Waals surface area (Å²) in [4.78, 5) is 10.9. The van der Waals surface area contributed by atoms with E-state index in [-0.39, 0.29) is 5.91 Å². The van der Waals surface area contributed by atoms with E-state index in [1.165, 1.54) is 38.8 Å². The predicted octanol–water partition coefficient (Wildman–Crippen LogP) is 1.29. The van der Waals surface area contributed by atoms with Crippen LogP contribution in [0.2, 0.25) is 0 Å². The second-order valence-electron chi connectivity index (χ2n) is 4.13. The van der Waals surface area contributed by atoms with Crippen LogP contribution in [0.25, 0.3) is 0 Å². The zero-order valence-corrected chi connectivity index (χ0v) is 9.14. The van der Waals surface area contributed by atoms with E-state index in [0.29, 0.717) is 6.42 Å². The molecule has 1 amide bonds. The van der Waals surface area contributed by atoms with Crippen LogP contribution in [0.15, 0.2) is 0 Å². The predicted molar refractivity (Wildman–Crippen MR) is 58.1 cm³/mol. The van der Waals surface area contributed by atoms with Gasteiger partial charge in [0, 0.05) is 13.5 Å². The van der Waals surface area contributed by atoms with Crippen LogP contribution >= 0.6 is 0 Å². The Morgan fingerprint density at radius 2 is 2.36 bits per heavy atom. The fraction of sp³-hybridized carbons (Fsp3) is 0.909. The number of carbonyl (C=O) groups excluding carboxylic acids is 1. The Kier molecular flexibility index (Phi) is 5.60. The maximum absolute atomic E-state index is 10.9. The number of rotatable bonds is 5. The van der Waals surface area contributed by atoms with Gasteiger partial charge in [0.15, 0.2) is 0 Å². The van der Waals surface area contributed by atoms with Crippen LogP contribution in [0.1, 0.15) is 38.5 Å². The number of carbonyl (C=O) groups is 1. The molecular weight excluding hydrogens is 176 g/mol. The van der Waals surface area contributed by atoms with Crippen LogP contribution < -0.4 is 10.6 Å². The SMILES string of the molecule is CNC(=O)CCCC[C@@H]1CCCNC1. The van der Waals surface area contributed by atoms with Gasteiger partial charge in [-0.15, -0.1) is 0 Å². The van der Waals surface area contributed by atoms with Crippen molar-refractivity contribution in [3.63, 3.8) is 0 Å². The van der Waals surface area contributed by atoms with Gasteiger partial charge in [0.1, 0.15) is 0 Å². The molecule has 1 fully saturated rings. The van der Waals surface area contributed by atoms with Gasteiger partial charge in [0.05, 0.1) is 0 Å². The van der Waals surface area contributed by atoms with Gasteiger partial charge in [-0.2, -0.15) is 0 Å². The van der Waals surface area contributed by atoms with Gasteiger partial charge in [-0.05, 0) is 44.7 Å². The van der Waals surface area contributed by atoms with E-state index in [0.717, 1.165) is 12.3 Å². The molecule has 2 N–H and O–H groups in total. The molecule has 1 saturated heterocycles. The van der Waals surface area contributed by atoms with E-state index in [2.05, 4.69) is 10.6 Å². The standard InChI is InChI=1S/C11H22N2O/c1-12-11(14)7-3-2-5-10-6-4-8-13-9-10/h10,13H,2-9H2,1H3,(H,12,14)/t10-/m1/s1. The summed E-state index contributed by atoms with van der Waals surface area (Å²) in [5.74, 6) is 1.03. The van der Waals surface area contributed by atoms with Gasteiger partial charge in [0.2, 0.25) is 5.91 Å². The van der Waals surface area contributed by atoms with E-state index >= 15 is 0 Å². The summed E-state index contributed by atoms with van der Waals surface area (Å²) in [6.45, 7) is 2.37. The minimum absolute atomic E-state index is 0.173. The molecule has 0 aromatic heterocycles. The first-order valence-electron chi connectivity index (χ1n) is 5.74. The number of unbranched alkanes of at least 4 members (excludes halogenated alkanes) is 1. The summed E-state index contributed by atoms with van der Waals surface area (Å²) in [5, 5.41) is 6.07. The highest BCUT2D eigenvalue weighted by Gasteiger charge is 2.12. The molecule has 0 spiro atoms. The molecule has 0 radical (unpaired) electrons. The Hall–Kier alpha value is -0.570. The smallest absolute Gasteiger partial charge is 0.219 e. The number of hydrogen-bond acceptors (Lipinski definition) is 2.